The third-order valence-corrected chi connectivity index (χ3v) is 6.18. The molecule has 0 bridgehead atoms. The van der Waals surface area contributed by atoms with Crippen molar-refractivity contribution < 1.29 is 9.59 Å². The zero-order valence-electron chi connectivity index (χ0n) is 17.6. The van der Waals surface area contributed by atoms with Crippen LogP contribution < -0.4 is 0 Å². The van der Waals surface area contributed by atoms with Gasteiger partial charge in [0, 0.05) is 74.5 Å². The van der Waals surface area contributed by atoms with E-state index in [4.69, 9.17) is 23.2 Å². The molecule has 2 amide bonds. The molecule has 1 saturated heterocycles. The maximum Gasteiger partial charge on any atom is 0.274 e. The minimum absolute atomic E-state index is 0.112. The van der Waals surface area contributed by atoms with E-state index in [1.165, 1.54) is 4.68 Å². The highest BCUT2D eigenvalue weighted by Gasteiger charge is 2.27. The number of hydrogen-bond donors (Lipinski definition) is 0. The summed E-state index contributed by atoms with van der Waals surface area (Å²) < 4.78 is 1.49. The molecule has 0 radical (unpaired) electrons. The molecule has 1 fully saturated rings. The van der Waals surface area contributed by atoms with Crippen LogP contribution >= 0.6 is 23.2 Å². The fourth-order valence-electron chi connectivity index (χ4n) is 3.62. The smallest absolute Gasteiger partial charge is 0.274 e. The number of carbonyl (C=O) groups is 2. The molecular weight excluding hydrogens is 425 g/mol. The second-order valence-corrected chi connectivity index (χ2v) is 8.10. The molecule has 1 aromatic heterocycles. The molecule has 1 aliphatic heterocycles. The SMILES string of the molecule is CCN(CC)C(=O)c1cc(C(=O)N2CCN(Cc3c(Cl)cccc3Cl)CC2)n(C)n1. The molecule has 1 aromatic carbocycles. The number of rotatable bonds is 6. The van der Waals surface area contributed by atoms with Crippen molar-refractivity contribution in [1.29, 1.82) is 0 Å². The average molecular weight is 452 g/mol. The summed E-state index contributed by atoms with van der Waals surface area (Å²) in [6.07, 6.45) is 0. The summed E-state index contributed by atoms with van der Waals surface area (Å²) in [5.41, 5.74) is 1.64. The van der Waals surface area contributed by atoms with Gasteiger partial charge in [-0.3, -0.25) is 19.2 Å². The van der Waals surface area contributed by atoms with Gasteiger partial charge in [0.25, 0.3) is 11.8 Å². The van der Waals surface area contributed by atoms with Crippen LogP contribution in [-0.4, -0.2) is 75.6 Å². The topological polar surface area (TPSA) is 61.7 Å². The van der Waals surface area contributed by atoms with Gasteiger partial charge in [-0.25, -0.2) is 0 Å². The first kappa shape index (κ1) is 22.6. The third kappa shape index (κ3) is 4.79. The molecule has 7 nitrogen and oxygen atoms in total. The van der Waals surface area contributed by atoms with Crippen LogP contribution in [0, 0.1) is 0 Å². The van der Waals surface area contributed by atoms with Crippen molar-refractivity contribution in [2.45, 2.75) is 20.4 Å². The molecule has 0 spiro atoms. The average Bonchev–Trinajstić information content (AvgIpc) is 3.13. The Kier molecular flexibility index (Phi) is 7.39. The van der Waals surface area contributed by atoms with Crippen LogP contribution in [0.2, 0.25) is 10.0 Å². The lowest BCUT2D eigenvalue weighted by molar-refractivity contribution is 0.0617. The van der Waals surface area contributed by atoms with E-state index in [1.54, 1.807) is 22.9 Å². The zero-order valence-corrected chi connectivity index (χ0v) is 19.1. The van der Waals surface area contributed by atoms with E-state index in [0.29, 0.717) is 54.2 Å². The van der Waals surface area contributed by atoms with Crippen molar-refractivity contribution in [3.8, 4) is 0 Å². The summed E-state index contributed by atoms with van der Waals surface area (Å²) in [5, 5.41) is 5.58. The number of halogens is 2. The maximum absolute atomic E-state index is 13.0. The van der Waals surface area contributed by atoms with E-state index < -0.39 is 0 Å². The fourth-order valence-corrected chi connectivity index (χ4v) is 4.14. The van der Waals surface area contributed by atoms with Crippen LogP contribution in [0.1, 0.15) is 40.4 Å². The summed E-state index contributed by atoms with van der Waals surface area (Å²) in [7, 11) is 1.70. The summed E-state index contributed by atoms with van der Waals surface area (Å²) in [4.78, 5) is 31.3. The fraction of sp³-hybridized carbons (Fsp3) is 0.476. The van der Waals surface area contributed by atoms with Gasteiger partial charge in [0.2, 0.25) is 0 Å². The molecule has 1 aliphatic rings. The largest absolute Gasteiger partial charge is 0.338 e. The summed E-state index contributed by atoms with van der Waals surface area (Å²) >= 11 is 12.6. The molecular formula is C21H27Cl2N5O2. The van der Waals surface area contributed by atoms with Crippen LogP contribution in [0.15, 0.2) is 24.3 Å². The Morgan fingerprint density at radius 1 is 1.07 bits per heavy atom. The van der Waals surface area contributed by atoms with Gasteiger partial charge < -0.3 is 9.80 Å². The highest BCUT2D eigenvalue weighted by Crippen LogP contribution is 2.26. The van der Waals surface area contributed by atoms with Gasteiger partial charge in [-0.15, -0.1) is 0 Å². The van der Waals surface area contributed by atoms with E-state index >= 15 is 0 Å². The lowest BCUT2D eigenvalue weighted by Gasteiger charge is -2.35. The Balaban J connectivity index is 1.64. The van der Waals surface area contributed by atoms with Crippen molar-refractivity contribution >= 4 is 35.0 Å². The molecule has 0 N–H and O–H groups in total. The normalized spacial score (nSPS) is 14.8. The molecule has 2 aromatic rings. The van der Waals surface area contributed by atoms with Crippen molar-refractivity contribution in [2.75, 3.05) is 39.3 Å². The van der Waals surface area contributed by atoms with E-state index in [-0.39, 0.29) is 11.8 Å². The highest BCUT2D eigenvalue weighted by atomic mass is 35.5. The van der Waals surface area contributed by atoms with Crippen LogP contribution in [0.5, 0.6) is 0 Å². The van der Waals surface area contributed by atoms with Gasteiger partial charge in [0.1, 0.15) is 5.69 Å². The molecule has 162 valence electrons. The Hall–Kier alpha value is -2.09. The summed E-state index contributed by atoms with van der Waals surface area (Å²) in [5.74, 6) is -0.268. The minimum atomic E-state index is -0.156. The van der Waals surface area contributed by atoms with Crippen LogP contribution in [0.3, 0.4) is 0 Å². The predicted molar refractivity (Wildman–Crippen MR) is 118 cm³/mol. The number of carbonyl (C=O) groups excluding carboxylic acids is 2. The van der Waals surface area contributed by atoms with E-state index in [9.17, 15) is 9.59 Å². The maximum atomic E-state index is 13.0. The number of aromatic nitrogens is 2. The quantitative estimate of drug-likeness (QED) is 0.676. The Bertz CT molecular complexity index is 898. The molecule has 0 saturated carbocycles. The third-order valence-electron chi connectivity index (χ3n) is 5.47. The summed E-state index contributed by atoms with van der Waals surface area (Å²) in [6.45, 7) is 8.31. The lowest BCUT2D eigenvalue weighted by Crippen LogP contribution is -2.48. The van der Waals surface area contributed by atoms with Crippen LogP contribution in [0.4, 0.5) is 0 Å². The Morgan fingerprint density at radius 2 is 1.67 bits per heavy atom. The lowest BCUT2D eigenvalue weighted by atomic mass is 10.2. The van der Waals surface area contributed by atoms with Gasteiger partial charge in [-0.05, 0) is 26.0 Å². The summed E-state index contributed by atoms with van der Waals surface area (Å²) in [6, 6.07) is 7.10. The van der Waals surface area contributed by atoms with Crippen LogP contribution in [-0.2, 0) is 13.6 Å². The van der Waals surface area contributed by atoms with Crippen molar-refractivity contribution in [2.24, 2.45) is 7.05 Å². The Morgan fingerprint density at radius 3 is 2.23 bits per heavy atom. The number of amides is 2. The minimum Gasteiger partial charge on any atom is -0.338 e. The highest BCUT2D eigenvalue weighted by molar-refractivity contribution is 6.35. The molecule has 0 aliphatic carbocycles. The molecule has 30 heavy (non-hydrogen) atoms. The van der Waals surface area contributed by atoms with E-state index in [2.05, 4.69) is 10.00 Å². The molecule has 2 heterocycles. The van der Waals surface area contributed by atoms with Gasteiger partial charge in [-0.1, -0.05) is 29.3 Å². The first-order valence-corrected chi connectivity index (χ1v) is 10.9. The monoisotopic (exact) mass is 451 g/mol. The second-order valence-electron chi connectivity index (χ2n) is 7.28. The molecule has 0 unspecified atom stereocenters. The number of hydrogen-bond acceptors (Lipinski definition) is 4. The van der Waals surface area contributed by atoms with Gasteiger partial charge in [0.05, 0.1) is 0 Å². The van der Waals surface area contributed by atoms with E-state index in [0.717, 1.165) is 18.7 Å². The number of piperazine rings is 1. The van der Waals surface area contributed by atoms with E-state index in [1.807, 2.05) is 32.0 Å². The first-order chi connectivity index (χ1) is 14.3. The standard InChI is InChI=1S/C21H27Cl2N5O2/c1-4-27(5-2)20(29)18-13-19(25(3)24-18)21(30)28-11-9-26(10-12-28)14-15-16(22)7-6-8-17(15)23/h6-8,13H,4-5,9-12,14H2,1-3H3. The molecule has 0 atom stereocenters. The second kappa shape index (κ2) is 9.81. The number of benzene rings is 1. The predicted octanol–water partition coefficient (Wildman–Crippen LogP) is 3.17. The molecule has 9 heteroatoms. The van der Waals surface area contributed by atoms with Gasteiger partial charge in [-0.2, -0.15) is 5.10 Å². The van der Waals surface area contributed by atoms with Crippen LogP contribution in [0.25, 0.3) is 0 Å². The molecule has 3 rings (SSSR count). The first-order valence-electron chi connectivity index (χ1n) is 10.1. The van der Waals surface area contributed by atoms with Crippen molar-refractivity contribution in [1.82, 2.24) is 24.5 Å². The zero-order chi connectivity index (χ0) is 21.8. The Labute approximate surface area is 187 Å². The van der Waals surface area contributed by atoms with Crippen molar-refractivity contribution in [3.05, 3.63) is 51.3 Å². The van der Waals surface area contributed by atoms with Crippen molar-refractivity contribution in [3.63, 3.8) is 0 Å². The van der Waals surface area contributed by atoms with Gasteiger partial charge >= 0.3 is 0 Å². The number of nitrogens with zero attached hydrogens (tertiary/aromatic N) is 5. The van der Waals surface area contributed by atoms with Gasteiger partial charge in [0.15, 0.2) is 5.69 Å². The number of aryl methyl sites for hydroxylation is 1.